The molecule has 0 saturated heterocycles. The predicted molar refractivity (Wildman–Crippen MR) is 42.1 cm³/mol. The van der Waals surface area contributed by atoms with Crippen molar-refractivity contribution in [1.82, 2.24) is 0 Å². The fraction of sp³-hybridized carbons (Fsp3) is 0.875. The summed E-state index contributed by atoms with van der Waals surface area (Å²) in [6.07, 6.45) is 3.63. The van der Waals surface area contributed by atoms with Crippen LogP contribution in [-0.2, 0) is 4.79 Å². The zero-order chi connectivity index (χ0) is 8.27. The van der Waals surface area contributed by atoms with Crippen LogP contribution in [0.15, 0.2) is 0 Å². The van der Waals surface area contributed by atoms with Gasteiger partial charge in [0, 0.05) is 6.42 Å². The normalized spacial score (nSPS) is 30.6. The molecule has 0 heterocycles. The third kappa shape index (κ3) is 2.19. The van der Waals surface area contributed by atoms with Gasteiger partial charge in [-0.1, -0.05) is 6.42 Å². The largest absolute Gasteiger partial charge is 0.481 e. The van der Waals surface area contributed by atoms with E-state index in [0.29, 0.717) is 24.8 Å². The fourth-order valence-corrected chi connectivity index (χ4v) is 1.92. The predicted octanol–water partition coefficient (Wildman–Crippen LogP) is 0.836. The van der Waals surface area contributed by atoms with Crippen LogP contribution in [0, 0.1) is 11.8 Å². The Morgan fingerprint density at radius 1 is 1.45 bits per heavy atom. The molecule has 1 saturated carbocycles. The second-order valence-electron chi connectivity index (χ2n) is 3.28. The molecule has 1 aliphatic rings. The zero-order valence-corrected chi connectivity index (χ0v) is 6.62. The summed E-state index contributed by atoms with van der Waals surface area (Å²) in [6, 6.07) is 0. The number of carbonyl (C=O) groups is 1. The molecular weight excluding hydrogens is 142 g/mol. The van der Waals surface area contributed by atoms with Crippen molar-refractivity contribution >= 4 is 5.97 Å². The van der Waals surface area contributed by atoms with Gasteiger partial charge in [0.1, 0.15) is 0 Å². The highest BCUT2D eigenvalue weighted by molar-refractivity contribution is 5.67. The lowest BCUT2D eigenvalue weighted by Crippen LogP contribution is -2.20. The van der Waals surface area contributed by atoms with E-state index in [9.17, 15) is 4.79 Å². The van der Waals surface area contributed by atoms with E-state index in [1.807, 2.05) is 0 Å². The van der Waals surface area contributed by atoms with Gasteiger partial charge in [0.15, 0.2) is 0 Å². The summed E-state index contributed by atoms with van der Waals surface area (Å²) in [6.45, 7) is 0.651. The minimum absolute atomic E-state index is 0.307. The molecule has 0 bridgehead atoms. The summed E-state index contributed by atoms with van der Waals surface area (Å²) in [5.74, 6) is 0.124. The van der Waals surface area contributed by atoms with Crippen LogP contribution in [-0.4, -0.2) is 17.6 Å². The van der Waals surface area contributed by atoms with Gasteiger partial charge in [-0.05, 0) is 31.2 Å². The van der Waals surface area contributed by atoms with Gasteiger partial charge in [0.2, 0.25) is 0 Å². The van der Waals surface area contributed by atoms with Gasteiger partial charge >= 0.3 is 5.97 Å². The van der Waals surface area contributed by atoms with Gasteiger partial charge in [-0.25, -0.2) is 0 Å². The Morgan fingerprint density at radius 3 is 2.64 bits per heavy atom. The molecule has 11 heavy (non-hydrogen) atoms. The number of hydrogen-bond acceptors (Lipinski definition) is 2. The quantitative estimate of drug-likeness (QED) is 0.638. The average Bonchev–Trinajstić information content (AvgIpc) is 2.34. The van der Waals surface area contributed by atoms with Crippen LogP contribution in [0.5, 0.6) is 0 Å². The second-order valence-corrected chi connectivity index (χ2v) is 3.28. The molecule has 3 N–H and O–H groups in total. The minimum atomic E-state index is -0.685. The molecule has 3 heteroatoms. The van der Waals surface area contributed by atoms with Crippen LogP contribution < -0.4 is 5.73 Å². The van der Waals surface area contributed by atoms with E-state index in [2.05, 4.69) is 0 Å². The van der Waals surface area contributed by atoms with Crippen LogP contribution in [0.2, 0.25) is 0 Å². The van der Waals surface area contributed by atoms with Gasteiger partial charge in [-0.3, -0.25) is 4.79 Å². The number of carboxylic acids is 1. The Kier molecular flexibility index (Phi) is 2.88. The van der Waals surface area contributed by atoms with Crippen molar-refractivity contribution in [3.63, 3.8) is 0 Å². The third-order valence-corrected chi connectivity index (χ3v) is 2.56. The number of rotatable bonds is 3. The van der Waals surface area contributed by atoms with Gasteiger partial charge < -0.3 is 10.8 Å². The van der Waals surface area contributed by atoms with Gasteiger partial charge in [0.25, 0.3) is 0 Å². The Morgan fingerprint density at radius 2 is 2.09 bits per heavy atom. The van der Waals surface area contributed by atoms with Crippen molar-refractivity contribution in [3.05, 3.63) is 0 Å². The summed E-state index contributed by atoms with van der Waals surface area (Å²) in [5.41, 5.74) is 5.51. The molecule has 0 unspecified atom stereocenters. The molecule has 0 spiro atoms. The maximum atomic E-state index is 10.4. The molecule has 0 aromatic rings. The maximum absolute atomic E-state index is 10.4. The van der Waals surface area contributed by atoms with E-state index < -0.39 is 5.97 Å². The summed E-state index contributed by atoms with van der Waals surface area (Å²) >= 11 is 0. The molecule has 64 valence electrons. The van der Waals surface area contributed by atoms with Crippen molar-refractivity contribution in [1.29, 1.82) is 0 Å². The number of hydrogen-bond donors (Lipinski definition) is 2. The van der Waals surface area contributed by atoms with Crippen molar-refractivity contribution in [2.75, 3.05) is 6.54 Å². The first-order valence-electron chi connectivity index (χ1n) is 4.16. The van der Waals surface area contributed by atoms with Crippen molar-refractivity contribution in [2.24, 2.45) is 17.6 Å². The lowest BCUT2D eigenvalue weighted by molar-refractivity contribution is -0.138. The maximum Gasteiger partial charge on any atom is 0.303 e. The third-order valence-electron chi connectivity index (χ3n) is 2.56. The first-order valence-corrected chi connectivity index (χ1v) is 4.16. The molecule has 2 atom stereocenters. The Balaban J connectivity index is 2.37. The van der Waals surface area contributed by atoms with Crippen LogP contribution in [0.4, 0.5) is 0 Å². The molecule has 0 aromatic heterocycles. The van der Waals surface area contributed by atoms with Gasteiger partial charge in [0.05, 0.1) is 0 Å². The zero-order valence-electron chi connectivity index (χ0n) is 6.62. The Labute approximate surface area is 66.6 Å². The first-order chi connectivity index (χ1) is 5.24. The topological polar surface area (TPSA) is 63.3 Å². The summed E-state index contributed by atoms with van der Waals surface area (Å²) < 4.78 is 0. The molecule has 1 fully saturated rings. The highest BCUT2D eigenvalue weighted by Gasteiger charge is 2.27. The average molecular weight is 157 g/mol. The van der Waals surface area contributed by atoms with E-state index in [1.165, 1.54) is 0 Å². The molecule has 1 aliphatic carbocycles. The summed E-state index contributed by atoms with van der Waals surface area (Å²) in [5, 5.41) is 8.55. The van der Waals surface area contributed by atoms with Gasteiger partial charge in [-0.15, -0.1) is 0 Å². The lowest BCUT2D eigenvalue weighted by Gasteiger charge is -2.14. The monoisotopic (exact) mass is 157 g/mol. The van der Waals surface area contributed by atoms with Crippen molar-refractivity contribution < 1.29 is 9.90 Å². The first kappa shape index (κ1) is 8.53. The standard InChI is InChI=1S/C8H15NO2/c9-5-7-3-1-2-6(7)4-8(10)11/h6-7H,1-5,9H2,(H,10,11)/t6-,7+/m0/s1. The SMILES string of the molecule is NC[C@H]1CCC[C@H]1CC(=O)O. The molecule has 0 aromatic carbocycles. The molecule has 1 rings (SSSR count). The highest BCUT2D eigenvalue weighted by atomic mass is 16.4. The van der Waals surface area contributed by atoms with Crippen LogP contribution >= 0.6 is 0 Å². The molecule has 0 aliphatic heterocycles. The molecular formula is C8H15NO2. The van der Waals surface area contributed by atoms with Crippen LogP contribution in [0.25, 0.3) is 0 Å². The summed E-state index contributed by atoms with van der Waals surface area (Å²) in [4.78, 5) is 10.4. The van der Waals surface area contributed by atoms with Gasteiger partial charge in [-0.2, -0.15) is 0 Å². The Hall–Kier alpha value is -0.570. The molecule has 3 nitrogen and oxygen atoms in total. The van der Waals surface area contributed by atoms with E-state index >= 15 is 0 Å². The van der Waals surface area contributed by atoms with Crippen molar-refractivity contribution in [2.45, 2.75) is 25.7 Å². The van der Waals surface area contributed by atoms with Crippen LogP contribution in [0.3, 0.4) is 0 Å². The van der Waals surface area contributed by atoms with E-state index in [4.69, 9.17) is 10.8 Å². The lowest BCUT2D eigenvalue weighted by atomic mass is 9.93. The van der Waals surface area contributed by atoms with E-state index in [0.717, 1.165) is 19.3 Å². The Bertz CT molecular complexity index is 147. The smallest absolute Gasteiger partial charge is 0.303 e. The van der Waals surface area contributed by atoms with Crippen molar-refractivity contribution in [3.8, 4) is 0 Å². The number of carboxylic acid groups (broad SMARTS) is 1. The molecule has 0 amide bonds. The minimum Gasteiger partial charge on any atom is -0.481 e. The van der Waals surface area contributed by atoms with E-state index in [-0.39, 0.29) is 0 Å². The fourth-order valence-electron chi connectivity index (χ4n) is 1.92. The van der Waals surface area contributed by atoms with Crippen LogP contribution in [0.1, 0.15) is 25.7 Å². The highest BCUT2D eigenvalue weighted by Crippen LogP contribution is 2.33. The molecule has 0 radical (unpaired) electrons. The summed E-state index contributed by atoms with van der Waals surface area (Å²) in [7, 11) is 0. The number of aliphatic carboxylic acids is 1. The number of nitrogens with two attached hydrogens (primary N) is 1. The second kappa shape index (κ2) is 3.72. The van der Waals surface area contributed by atoms with E-state index in [1.54, 1.807) is 0 Å².